The molecule has 4 amide bonds. The Labute approximate surface area is 196 Å². The van der Waals surface area contributed by atoms with E-state index >= 15 is 0 Å². The molecule has 9 heteroatoms. The number of fused-ring (bicyclic) bond motifs is 1. The lowest BCUT2D eigenvalue weighted by Crippen LogP contribution is -2.43. The molecule has 2 fully saturated rings. The van der Waals surface area contributed by atoms with Crippen molar-refractivity contribution in [3.63, 3.8) is 0 Å². The lowest BCUT2D eigenvalue weighted by atomic mass is 9.76. The summed E-state index contributed by atoms with van der Waals surface area (Å²) in [5, 5.41) is 0. The van der Waals surface area contributed by atoms with Gasteiger partial charge >= 0.3 is 5.97 Å². The van der Waals surface area contributed by atoms with E-state index in [4.69, 9.17) is 4.74 Å². The highest BCUT2D eigenvalue weighted by Gasteiger charge is 2.49. The van der Waals surface area contributed by atoms with Gasteiger partial charge in [0.1, 0.15) is 0 Å². The number of hydrogen-bond donors (Lipinski definition) is 2. The molecule has 0 unspecified atom stereocenters. The Kier molecular flexibility index (Phi) is 6.72. The number of hydrogen-bond acceptors (Lipinski definition) is 6. The van der Waals surface area contributed by atoms with Crippen molar-refractivity contribution in [1.29, 1.82) is 0 Å². The first-order valence-corrected chi connectivity index (χ1v) is 11.1. The molecule has 4 rings (SSSR count). The molecule has 2 aromatic rings. The zero-order valence-corrected chi connectivity index (χ0v) is 18.7. The summed E-state index contributed by atoms with van der Waals surface area (Å²) in [4.78, 5) is 62.9. The van der Waals surface area contributed by atoms with E-state index in [-0.39, 0.29) is 29.2 Å². The van der Waals surface area contributed by atoms with E-state index in [0.29, 0.717) is 30.0 Å². The number of hydrazine groups is 1. The van der Waals surface area contributed by atoms with Gasteiger partial charge in [-0.3, -0.25) is 34.9 Å². The number of rotatable bonds is 5. The number of benzene rings is 2. The molecule has 1 saturated heterocycles. The molecule has 0 bridgehead atoms. The topological polar surface area (TPSA) is 122 Å². The minimum atomic E-state index is -0.752. The molecule has 2 aromatic carbocycles. The highest BCUT2D eigenvalue weighted by molar-refractivity contribution is 6.22. The summed E-state index contributed by atoms with van der Waals surface area (Å²) in [5.74, 6) is -2.47. The Bertz CT molecular complexity index is 1120. The highest BCUT2D eigenvalue weighted by Crippen LogP contribution is 2.42. The maximum atomic E-state index is 12.8. The largest absolute Gasteiger partial charge is 0.452 e. The molecule has 3 atom stereocenters. The highest BCUT2D eigenvalue weighted by atomic mass is 16.5. The number of nitrogens with zero attached hydrogens (tertiary/aromatic N) is 1. The summed E-state index contributed by atoms with van der Waals surface area (Å²) < 4.78 is 4.97. The number of nitrogens with one attached hydrogen (secondary N) is 2. The lowest BCUT2D eigenvalue weighted by molar-refractivity contribution is -0.125. The first-order valence-electron chi connectivity index (χ1n) is 11.1. The van der Waals surface area contributed by atoms with Crippen LogP contribution in [-0.2, 0) is 19.1 Å². The molecular formula is C25H25N3O6. The van der Waals surface area contributed by atoms with Gasteiger partial charge in [-0.05, 0) is 61.6 Å². The normalized spacial score (nSPS) is 21.6. The number of esters is 1. The fourth-order valence-electron chi connectivity index (χ4n) is 4.43. The van der Waals surface area contributed by atoms with Gasteiger partial charge in [0.05, 0.1) is 23.1 Å². The predicted molar refractivity (Wildman–Crippen MR) is 121 cm³/mol. The van der Waals surface area contributed by atoms with Crippen LogP contribution in [0.1, 0.15) is 46.9 Å². The summed E-state index contributed by atoms with van der Waals surface area (Å²) in [7, 11) is 0. The summed E-state index contributed by atoms with van der Waals surface area (Å²) in [6, 6.07) is 14.2. The van der Waals surface area contributed by atoms with Crippen molar-refractivity contribution in [3.05, 3.63) is 65.7 Å². The van der Waals surface area contributed by atoms with Gasteiger partial charge in [0.25, 0.3) is 11.8 Å². The van der Waals surface area contributed by atoms with E-state index in [1.807, 2.05) is 0 Å². The van der Waals surface area contributed by atoms with Gasteiger partial charge in [-0.2, -0.15) is 0 Å². The van der Waals surface area contributed by atoms with E-state index in [1.54, 1.807) is 30.3 Å². The molecular weight excluding hydrogens is 438 g/mol. The van der Waals surface area contributed by atoms with Gasteiger partial charge in [0.2, 0.25) is 11.8 Å². The second-order valence-corrected chi connectivity index (χ2v) is 8.63. The Morgan fingerprint density at radius 2 is 1.56 bits per heavy atom. The fourth-order valence-corrected chi connectivity index (χ4v) is 4.43. The third-order valence-electron chi connectivity index (χ3n) is 6.23. The van der Waals surface area contributed by atoms with Crippen LogP contribution in [0.2, 0.25) is 0 Å². The Morgan fingerprint density at radius 1 is 0.882 bits per heavy atom. The number of amides is 4. The fraction of sp³-hybridized carbons (Fsp3) is 0.320. The molecule has 0 radical (unpaired) electrons. The molecule has 2 N–H and O–H groups in total. The Balaban J connectivity index is 1.29. The van der Waals surface area contributed by atoms with Crippen LogP contribution in [0.4, 0.5) is 5.69 Å². The number of carbonyl (C=O) groups is 5. The minimum Gasteiger partial charge on any atom is -0.452 e. The van der Waals surface area contributed by atoms with Crippen molar-refractivity contribution in [2.75, 3.05) is 11.5 Å². The van der Waals surface area contributed by atoms with E-state index in [1.165, 1.54) is 29.2 Å². The molecule has 0 spiro atoms. The molecule has 1 aliphatic carbocycles. The summed E-state index contributed by atoms with van der Waals surface area (Å²) >= 11 is 0. The van der Waals surface area contributed by atoms with Crippen LogP contribution >= 0.6 is 0 Å². The molecule has 34 heavy (non-hydrogen) atoms. The zero-order valence-electron chi connectivity index (χ0n) is 18.7. The van der Waals surface area contributed by atoms with Crippen molar-refractivity contribution < 1.29 is 28.7 Å². The second-order valence-electron chi connectivity index (χ2n) is 8.63. The summed E-state index contributed by atoms with van der Waals surface area (Å²) in [6.45, 7) is 1.49. The third-order valence-corrected chi connectivity index (χ3v) is 6.23. The van der Waals surface area contributed by atoms with Crippen LogP contribution in [0.25, 0.3) is 0 Å². The minimum absolute atomic E-state index is 0.162. The first-order chi connectivity index (χ1) is 16.3. The number of ether oxygens (including phenoxy) is 1. The summed E-state index contributed by atoms with van der Waals surface area (Å²) in [5.41, 5.74) is 5.35. The molecule has 0 aromatic heterocycles. The number of carbonyl (C=O) groups excluding carboxylic acids is 5. The van der Waals surface area contributed by atoms with Crippen LogP contribution in [-0.4, -0.2) is 36.2 Å². The average molecular weight is 463 g/mol. The quantitative estimate of drug-likeness (QED) is 0.398. The maximum Gasteiger partial charge on any atom is 0.338 e. The zero-order chi connectivity index (χ0) is 24.2. The van der Waals surface area contributed by atoms with Crippen LogP contribution in [0.15, 0.2) is 54.6 Å². The smallest absolute Gasteiger partial charge is 0.338 e. The van der Waals surface area contributed by atoms with Crippen LogP contribution in [0.5, 0.6) is 0 Å². The van der Waals surface area contributed by atoms with Crippen LogP contribution < -0.4 is 15.8 Å². The van der Waals surface area contributed by atoms with Crippen molar-refractivity contribution in [2.45, 2.75) is 26.2 Å². The molecule has 1 saturated carbocycles. The van der Waals surface area contributed by atoms with Crippen molar-refractivity contribution in [1.82, 2.24) is 10.9 Å². The second kappa shape index (κ2) is 9.86. The number of imide groups is 1. The van der Waals surface area contributed by atoms with E-state index in [9.17, 15) is 24.0 Å². The maximum absolute atomic E-state index is 12.8. The van der Waals surface area contributed by atoms with Gasteiger partial charge in [0.15, 0.2) is 6.61 Å². The molecule has 9 nitrogen and oxygen atoms in total. The van der Waals surface area contributed by atoms with Gasteiger partial charge < -0.3 is 4.74 Å². The first kappa shape index (κ1) is 23.2. The SMILES string of the molecule is C[C@@H]1CC[C@H]2C(=O)N(c3ccc(C(=O)OCC(=O)NNC(=O)c4ccccc4)cc3)C(=O)[C@@H]2C1. The average Bonchev–Trinajstić information content (AvgIpc) is 3.10. The molecule has 2 aliphatic rings. The van der Waals surface area contributed by atoms with E-state index < -0.39 is 24.4 Å². The molecule has 1 aliphatic heterocycles. The van der Waals surface area contributed by atoms with Crippen molar-refractivity contribution in [2.24, 2.45) is 17.8 Å². The van der Waals surface area contributed by atoms with Gasteiger partial charge in [-0.1, -0.05) is 25.1 Å². The monoisotopic (exact) mass is 463 g/mol. The van der Waals surface area contributed by atoms with Crippen LogP contribution in [0, 0.1) is 17.8 Å². The van der Waals surface area contributed by atoms with Crippen LogP contribution in [0.3, 0.4) is 0 Å². The molecule has 176 valence electrons. The predicted octanol–water partition coefficient (Wildman–Crippen LogP) is 2.23. The Hall–Kier alpha value is -4.01. The number of anilines is 1. The van der Waals surface area contributed by atoms with E-state index in [0.717, 1.165) is 6.42 Å². The Morgan fingerprint density at radius 3 is 2.26 bits per heavy atom. The summed E-state index contributed by atoms with van der Waals surface area (Å²) in [6.07, 6.45) is 2.36. The van der Waals surface area contributed by atoms with Gasteiger partial charge in [-0.25, -0.2) is 4.79 Å². The lowest BCUT2D eigenvalue weighted by Gasteiger charge is -2.25. The van der Waals surface area contributed by atoms with Crippen molar-refractivity contribution >= 4 is 35.3 Å². The van der Waals surface area contributed by atoms with Gasteiger partial charge in [0, 0.05) is 5.56 Å². The third kappa shape index (κ3) is 4.83. The molecule has 1 heterocycles. The van der Waals surface area contributed by atoms with Gasteiger partial charge in [-0.15, -0.1) is 0 Å². The van der Waals surface area contributed by atoms with E-state index in [2.05, 4.69) is 17.8 Å². The standard InChI is InChI=1S/C25H25N3O6/c1-15-7-12-19-20(13-15)24(32)28(23(19)31)18-10-8-17(9-11-18)25(33)34-14-21(29)26-27-22(30)16-5-3-2-4-6-16/h2-6,8-11,15,19-20H,7,12-14H2,1H3,(H,26,29)(H,27,30)/t15-,19-,20-/m1/s1. The van der Waals surface area contributed by atoms with Crippen molar-refractivity contribution in [3.8, 4) is 0 Å².